The number of carboxylic acids is 1. The van der Waals surface area contributed by atoms with Crippen LogP contribution in [0.5, 0.6) is 0 Å². The number of carbonyl (C=O) groups is 2. The lowest BCUT2D eigenvalue weighted by Crippen LogP contribution is -2.40. The molecule has 6 heteroatoms. The first-order valence-corrected chi connectivity index (χ1v) is 6.84. The molecule has 2 unspecified atom stereocenters. The second-order valence-corrected chi connectivity index (χ2v) is 5.01. The molecule has 1 rings (SSSR count). The molecule has 110 valence electrons. The van der Waals surface area contributed by atoms with E-state index in [1.807, 2.05) is 19.1 Å². The highest BCUT2D eigenvalue weighted by atomic mass is 35.5. The molecule has 0 fully saturated rings. The van der Waals surface area contributed by atoms with E-state index in [4.69, 9.17) is 16.7 Å². The van der Waals surface area contributed by atoms with E-state index >= 15 is 0 Å². The van der Waals surface area contributed by atoms with Crippen molar-refractivity contribution < 1.29 is 14.7 Å². The Morgan fingerprint density at radius 2 is 1.90 bits per heavy atom. The summed E-state index contributed by atoms with van der Waals surface area (Å²) in [7, 11) is 0. The van der Waals surface area contributed by atoms with Crippen LogP contribution in [0.1, 0.15) is 31.9 Å². The van der Waals surface area contributed by atoms with Crippen molar-refractivity contribution in [1.82, 2.24) is 10.6 Å². The lowest BCUT2D eigenvalue weighted by Gasteiger charge is -2.16. The van der Waals surface area contributed by atoms with E-state index in [-0.39, 0.29) is 18.6 Å². The van der Waals surface area contributed by atoms with Crippen molar-refractivity contribution in [3.8, 4) is 0 Å². The fourth-order valence-electron chi connectivity index (χ4n) is 1.70. The van der Waals surface area contributed by atoms with Crippen molar-refractivity contribution in [2.24, 2.45) is 5.92 Å². The fourth-order valence-corrected chi connectivity index (χ4v) is 1.83. The first-order chi connectivity index (χ1) is 9.43. The average Bonchev–Trinajstić information content (AvgIpc) is 2.39. The Hall–Kier alpha value is -1.75. The third kappa shape index (κ3) is 5.09. The molecule has 5 nitrogen and oxygen atoms in total. The van der Waals surface area contributed by atoms with Gasteiger partial charge in [-0.25, -0.2) is 4.79 Å². The zero-order valence-corrected chi connectivity index (χ0v) is 12.3. The average molecular weight is 299 g/mol. The Bertz CT molecular complexity index is 462. The molecule has 0 saturated carbocycles. The number of amides is 2. The number of rotatable bonds is 6. The summed E-state index contributed by atoms with van der Waals surface area (Å²) in [4.78, 5) is 22.5. The van der Waals surface area contributed by atoms with Gasteiger partial charge in [-0.1, -0.05) is 30.7 Å². The van der Waals surface area contributed by atoms with Crippen molar-refractivity contribution in [3.63, 3.8) is 0 Å². The highest BCUT2D eigenvalue weighted by Gasteiger charge is 2.16. The summed E-state index contributed by atoms with van der Waals surface area (Å²) in [5, 5.41) is 14.8. The lowest BCUT2D eigenvalue weighted by atomic mass is 10.1. The molecule has 0 aliphatic carbocycles. The molecule has 3 N–H and O–H groups in total. The number of halogens is 1. The van der Waals surface area contributed by atoms with Crippen LogP contribution in [0.3, 0.4) is 0 Å². The molecule has 0 saturated heterocycles. The summed E-state index contributed by atoms with van der Waals surface area (Å²) in [5.41, 5.74) is 0.926. The monoisotopic (exact) mass is 298 g/mol. The Labute approximate surface area is 123 Å². The van der Waals surface area contributed by atoms with Gasteiger partial charge >= 0.3 is 12.0 Å². The summed E-state index contributed by atoms with van der Waals surface area (Å²) in [6.45, 7) is 3.73. The van der Waals surface area contributed by atoms with Crippen molar-refractivity contribution >= 4 is 23.6 Å². The Morgan fingerprint density at radius 1 is 1.30 bits per heavy atom. The van der Waals surface area contributed by atoms with E-state index in [2.05, 4.69) is 10.6 Å². The van der Waals surface area contributed by atoms with Gasteiger partial charge in [-0.05, 0) is 31.0 Å². The molecule has 2 amide bonds. The fraction of sp³-hybridized carbons (Fsp3) is 0.429. The molecule has 0 heterocycles. The minimum absolute atomic E-state index is 0.116. The SMILES string of the molecule is CCC(CNC(=O)NC(C)c1ccc(Cl)cc1)C(=O)O. The highest BCUT2D eigenvalue weighted by molar-refractivity contribution is 6.30. The maximum atomic E-state index is 11.7. The minimum Gasteiger partial charge on any atom is -0.481 e. The van der Waals surface area contributed by atoms with E-state index in [0.29, 0.717) is 11.4 Å². The van der Waals surface area contributed by atoms with Crippen molar-refractivity contribution in [2.45, 2.75) is 26.3 Å². The quantitative estimate of drug-likeness (QED) is 0.755. The number of nitrogens with one attached hydrogen (secondary N) is 2. The van der Waals surface area contributed by atoms with Crippen LogP contribution in [0.2, 0.25) is 5.02 Å². The van der Waals surface area contributed by atoms with E-state index in [1.165, 1.54) is 0 Å². The van der Waals surface area contributed by atoms with Gasteiger partial charge in [-0.3, -0.25) is 4.79 Å². The predicted octanol–water partition coefficient (Wildman–Crippen LogP) is 2.81. The molecule has 0 radical (unpaired) electrons. The summed E-state index contributed by atoms with van der Waals surface area (Å²) >= 11 is 5.80. The van der Waals surface area contributed by atoms with Crippen LogP contribution in [0.4, 0.5) is 4.79 Å². The van der Waals surface area contributed by atoms with Gasteiger partial charge in [0.1, 0.15) is 0 Å². The topological polar surface area (TPSA) is 78.4 Å². The molecule has 2 atom stereocenters. The third-order valence-electron chi connectivity index (χ3n) is 3.07. The molecule has 0 aromatic heterocycles. The third-order valence-corrected chi connectivity index (χ3v) is 3.32. The first-order valence-electron chi connectivity index (χ1n) is 6.46. The second kappa shape index (κ2) is 7.75. The summed E-state index contributed by atoms with van der Waals surface area (Å²) in [6, 6.07) is 6.61. The maximum Gasteiger partial charge on any atom is 0.315 e. The van der Waals surface area contributed by atoms with Crippen LogP contribution in [0.25, 0.3) is 0 Å². The van der Waals surface area contributed by atoms with Crippen LogP contribution in [-0.4, -0.2) is 23.7 Å². The number of hydrogen-bond donors (Lipinski definition) is 3. The molecule has 1 aromatic carbocycles. The van der Waals surface area contributed by atoms with Gasteiger partial charge in [0.05, 0.1) is 12.0 Å². The second-order valence-electron chi connectivity index (χ2n) is 4.57. The number of urea groups is 1. The number of carbonyl (C=O) groups excluding carboxylic acids is 1. The largest absolute Gasteiger partial charge is 0.481 e. The highest BCUT2D eigenvalue weighted by Crippen LogP contribution is 2.15. The zero-order valence-electron chi connectivity index (χ0n) is 11.5. The smallest absolute Gasteiger partial charge is 0.315 e. The predicted molar refractivity (Wildman–Crippen MR) is 77.8 cm³/mol. The van der Waals surface area contributed by atoms with Crippen LogP contribution >= 0.6 is 11.6 Å². The summed E-state index contributed by atoms with van der Waals surface area (Å²) in [5.74, 6) is -1.47. The normalized spacial score (nSPS) is 13.3. The van der Waals surface area contributed by atoms with Gasteiger partial charge < -0.3 is 15.7 Å². The van der Waals surface area contributed by atoms with Gasteiger partial charge in [0.25, 0.3) is 0 Å². The van der Waals surface area contributed by atoms with E-state index in [1.54, 1.807) is 19.1 Å². The van der Waals surface area contributed by atoms with E-state index < -0.39 is 11.9 Å². The van der Waals surface area contributed by atoms with Crippen molar-refractivity contribution in [3.05, 3.63) is 34.9 Å². The first kappa shape index (κ1) is 16.3. The minimum atomic E-state index is -0.904. The summed E-state index contributed by atoms with van der Waals surface area (Å²) < 4.78 is 0. The molecule has 1 aromatic rings. The van der Waals surface area contributed by atoms with Crippen LogP contribution in [0.15, 0.2) is 24.3 Å². The lowest BCUT2D eigenvalue weighted by molar-refractivity contribution is -0.141. The molecular weight excluding hydrogens is 280 g/mol. The summed E-state index contributed by atoms with van der Waals surface area (Å²) in [6.07, 6.45) is 0.475. The van der Waals surface area contributed by atoms with Crippen LogP contribution in [0, 0.1) is 5.92 Å². The Kier molecular flexibility index (Phi) is 6.31. The maximum absolute atomic E-state index is 11.7. The van der Waals surface area contributed by atoms with Gasteiger partial charge in [0.2, 0.25) is 0 Å². The van der Waals surface area contributed by atoms with Gasteiger partial charge in [0.15, 0.2) is 0 Å². The van der Waals surface area contributed by atoms with E-state index in [9.17, 15) is 9.59 Å². The van der Waals surface area contributed by atoms with Crippen molar-refractivity contribution in [1.29, 1.82) is 0 Å². The number of carboxylic acid groups (broad SMARTS) is 1. The number of benzene rings is 1. The molecule has 0 aliphatic rings. The standard InChI is InChI=1S/C14H19ClN2O3/c1-3-10(13(18)19)8-16-14(20)17-9(2)11-4-6-12(15)7-5-11/h4-7,9-10H,3,8H2,1-2H3,(H,18,19)(H2,16,17,20). The van der Waals surface area contributed by atoms with E-state index in [0.717, 1.165) is 5.56 Å². The number of hydrogen-bond acceptors (Lipinski definition) is 2. The Morgan fingerprint density at radius 3 is 2.40 bits per heavy atom. The molecular formula is C14H19ClN2O3. The molecule has 0 spiro atoms. The van der Waals surface area contributed by atoms with Gasteiger partial charge in [-0.15, -0.1) is 0 Å². The Balaban J connectivity index is 2.45. The van der Waals surface area contributed by atoms with Crippen LogP contribution < -0.4 is 10.6 Å². The molecule has 0 aliphatic heterocycles. The van der Waals surface area contributed by atoms with Gasteiger partial charge in [-0.2, -0.15) is 0 Å². The van der Waals surface area contributed by atoms with Crippen molar-refractivity contribution in [2.75, 3.05) is 6.54 Å². The molecule has 20 heavy (non-hydrogen) atoms. The van der Waals surface area contributed by atoms with Gasteiger partial charge in [0, 0.05) is 11.6 Å². The zero-order chi connectivity index (χ0) is 15.1. The molecule has 0 bridgehead atoms. The number of aliphatic carboxylic acids is 1. The van der Waals surface area contributed by atoms with Crippen LogP contribution in [-0.2, 0) is 4.79 Å².